The van der Waals surface area contributed by atoms with E-state index in [-0.39, 0.29) is 11.8 Å². The van der Waals surface area contributed by atoms with Crippen LogP contribution in [-0.4, -0.2) is 33.8 Å². The van der Waals surface area contributed by atoms with Crippen LogP contribution in [0.2, 0.25) is 0 Å². The summed E-state index contributed by atoms with van der Waals surface area (Å²) in [7, 11) is -1.30. The lowest BCUT2D eigenvalue weighted by molar-refractivity contribution is 0.575. The molecule has 1 aromatic rings. The highest BCUT2D eigenvalue weighted by atomic mass is 79.9. The van der Waals surface area contributed by atoms with E-state index in [0.29, 0.717) is 10.6 Å². The van der Waals surface area contributed by atoms with E-state index in [4.69, 9.17) is 0 Å². The minimum atomic E-state index is -3.16. The normalized spacial score (nSPS) is 21.6. The Morgan fingerprint density at radius 2 is 2.29 bits per heavy atom. The van der Waals surface area contributed by atoms with E-state index in [1.807, 2.05) is 13.1 Å². The third kappa shape index (κ3) is 2.64. The number of hydrogen-bond acceptors (Lipinski definition) is 4. The highest BCUT2D eigenvalue weighted by Gasteiger charge is 2.30. The zero-order valence-electron chi connectivity index (χ0n) is 9.53. The molecule has 0 amide bonds. The van der Waals surface area contributed by atoms with Crippen molar-refractivity contribution in [2.75, 3.05) is 24.7 Å². The molecule has 1 aliphatic heterocycles. The molecule has 0 bridgehead atoms. The van der Waals surface area contributed by atoms with Crippen LogP contribution in [0.5, 0.6) is 0 Å². The first-order chi connectivity index (χ1) is 8.04. The second-order valence-corrected chi connectivity index (χ2v) is 6.98. The Balaban J connectivity index is 2.35. The van der Waals surface area contributed by atoms with Crippen LogP contribution in [0.25, 0.3) is 0 Å². The molecule has 2 N–H and O–H groups in total. The Hall–Kier alpha value is -0.590. The zero-order valence-corrected chi connectivity index (χ0v) is 11.9. The van der Waals surface area contributed by atoms with Crippen LogP contribution in [0.3, 0.4) is 0 Å². The topological polar surface area (TPSA) is 58.2 Å². The minimum absolute atomic E-state index is 0.0290. The molecule has 0 saturated carbocycles. The first kappa shape index (κ1) is 12.9. The van der Waals surface area contributed by atoms with Crippen molar-refractivity contribution in [1.29, 1.82) is 0 Å². The maximum absolute atomic E-state index is 12.1. The van der Waals surface area contributed by atoms with Crippen molar-refractivity contribution in [1.82, 2.24) is 5.32 Å². The Labute approximate surface area is 110 Å². The van der Waals surface area contributed by atoms with Gasteiger partial charge in [-0.25, -0.2) is 8.42 Å². The number of nitrogens with one attached hydrogen (secondary N) is 2. The van der Waals surface area contributed by atoms with Gasteiger partial charge in [-0.3, -0.25) is 0 Å². The monoisotopic (exact) mass is 318 g/mol. The summed E-state index contributed by atoms with van der Waals surface area (Å²) in [4.78, 5) is 0.396. The van der Waals surface area contributed by atoms with E-state index < -0.39 is 9.84 Å². The lowest BCUT2D eigenvalue weighted by Crippen LogP contribution is -2.36. The van der Waals surface area contributed by atoms with Crippen LogP contribution in [0.4, 0.5) is 5.69 Å². The lowest BCUT2D eigenvalue weighted by atomic mass is 10.2. The van der Waals surface area contributed by atoms with Gasteiger partial charge < -0.3 is 10.6 Å². The van der Waals surface area contributed by atoms with Crippen LogP contribution in [0.15, 0.2) is 27.6 Å². The second kappa shape index (κ2) is 4.96. The molecule has 4 nitrogen and oxygen atoms in total. The van der Waals surface area contributed by atoms with Gasteiger partial charge >= 0.3 is 0 Å². The number of anilines is 1. The molecule has 0 aromatic heterocycles. The third-order valence-corrected chi connectivity index (χ3v) is 5.33. The van der Waals surface area contributed by atoms with Crippen molar-refractivity contribution in [2.24, 2.45) is 0 Å². The minimum Gasteiger partial charge on any atom is -0.379 e. The van der Waals surface area contributed by atoms with Crippen molar-refractivity contribution in [3.05, 3.63) is 22.7 Å². The number of rotatable bonds is 3. The highest BCUT2D eigenvalue weighted by molar-refractivity contribution is 9.10. The predicted molar refractivity (Wildman–Crippen MR) is 72.1 cm³/mol. The average molecular weight is 319 g/mol. The summed E-state index contributed by atoms with van der Waals surface area (Å²) in [6.07, 6.45) is 0.788. The van der Waals surface area contributed by atoms with Crippen molar-refractivity contribution in [2.45, 2.75) is 17.4 Å². The molecule has 0 saturated heterocycles. The van der Waals surface area contributed by atoms with Gasteiger partial charge in [0.25, 0.3) is 0 Å². The van der Waals surface area contributed by atoms with Gasteiger partial charge in [0.1, 0.15) is 0 Å². The predicted octanol–water partition coefficient (Wildman–Crippen LogP) is 1.63. The van der Waals surface area contributed by atoms with Crippen LogP contribution in [0.1, 0.15) is 6.42 Å². The van der Waals surface area contributed by atoms with E-state index in [9.17, 15) is 8.42 Å². The Bertz CT molecular complexity index is 516. The largest absolute Gasteiger partial charge is 0.379 e. The van der Waals surface area contributed by atoms with Crippen molar-refractivity contribution < 1.29 is 8.42 Å². The third-order valence-electron chi connectivity index (χ3n) is 2.82. The number of benzene rings is 1. The number of para-hydroxylation sites is 1. The van der Waals surface area contributed by atoms with Crippen LogP contribution >= 0.6 is 15.9 Å². The lowest BCUT2D eigenvalue weighted by Gasteiger charge is -2.27. The van der Waals surface area contributed by atoms with E-state index in [1.54, 1.807) is 12.1 Å². The maximum Gasteiger partial charge on any atom is 0.182 e. The quantitative estimate of drug-likeness (QED) is 0.889. The van der Waals surface area contributed by atoms with Crippen molar-refractivity contribution in [3.8, 4) is 0 Å². The molecule has 1 atom stereocenters. The van der Waals surface area contributed by atoms with Gasteiger partial charge in [-0.15, -0.1) is 0 Å². The molecule has 0 spiro atoms. The summed E-state index contributed by atoms with van der Waals surface area (Å²) in [6.45, 7) is 0.799. The number of hydrogen-bond donors (Lipinski definition) is 2. The van der Waals surface area contributed by atoms with Gasteiger partial charge in [0.05, 0.1) is 16.3 Å². The number of sulfone groups is 1. The molecule has 1 aliphatic rings. The average Bonchev–Trinajstić information content (AvgIpc) is 2.27. The fourth-order valence-electron chi connectivity index (χ4n) is 1.98. The molecule has 0 fully saturated rings. The first-order valence-electron chi connectivity index (χ1n) is 5.47. The van der Waals surface area contributed by atoms with Gasteiger partial charge in [-0.1, -0.05) is 6.07 Å². The summed E-state index contributed by atoms with van der Waals surface area (Å²) in [5.74, 6) is 0.165. The summed E-state index contributed by atoms with van der Waals surface area (Å²) in [5, 5.41) is 6.32. The van der Waals surface area contributed by atoms with Gasteiger partial charge in [-0.2, -0.15) is 0 Å². The summed E-state index contributed by atoms with van der Waals surface area (Å²) in [5.41, 5.74) is 0.694. The van der Waals surface area contributed by atoms with Gasteiger partial charge in [0, 0.05) is 10.5 Å². The molecular formula is C11H15BrN2O2S. The molecule has 94 valence electrons. The molecule has 1 heterocycles. The summed E-state index contributed by atoms with van der Waals surface area (Å²) in [6, 6.07) is 5.22. The SMILES string of the molecule is CNCCC1CS(=O)(=O)c2cccc(Br)c2N1. The molecule has 0 radical (unpaired) electrons. The molecule has 6 heteroatoms. The second-order valence-electron chi connectivity index (χ2n) is 4.13. The van der Waals surface area contributed by atoms with E-state index >= 15 is 0 Å². The van der Waals surface area contributed by atoms with Crippen molar-refractivity contribution >= 4 is 31.5 Å². The van der Waals surface area contributed by atoms with Gasteiger partial charge in [-0.05, 0) is 48.1 Å². The van der Waals surface area contributed by atoms with Crippen molar-refractivity contribution in [3.63, 3.8) is 0 Å². The van der Waals surface area contributed by atoms with Gasteiger partial charge in [0.15, 0.2) is 9.84 Å². The van der Waals surface area contributed by atoms with Crippen LogP contribution in [-0.2, 0) is 9.84 Å². The molecular weight excluding hydrogens is 304 g/mol. The molecule has 0 aliphatic carbocycles. The molecule has 1 unspecified atom stereocenters. The smallest absolute Gasteiger partial charge is 0.182 e. The number of fused-ring (bicyclic) bond motifs is 1. The van der Waals surface area contributed by atoms with E-state index in [2.05, 4.69) is 26.6 Å². The summed E-state index contributed by atoms with van der Waals surface area (Å²) < 4.78 is 25.0. The van der Waals surface area contributed by atoms with Gasteiger partial charge in [0.2, 0.25) is 0 Å². The fraction of sp³-hybridized carbons (Fsp3) is 0.455. The Morgan fingerprint density at radius 3 is 3.00 bits per heavy atom. The van der Waals surface area contributed by atoms with Crippen LogP contribution in [0, 0.1) is 0 Å². The fourth-order valence-corrected chi connectivity index (χ4v) is 4.32. The standard InChI is InChI=1S/C11H15BrN2O2S/c1-13-6-5-8-7-17(15,16)10-4-2-3-9(12)11(10)14-8/h2-4,8,13-14H,5-7H2,1H3. The Morgan fingerprint density at radius 1 is 1.53 bits per heavy atom. The molecule has 2 rings (SSSR count). The maximum atomic E-state index is 12.1. The van der Waals surface area contributed by atoms with E-state index in [0.717, 1.165) is 17.4 Å². The summed E-state index contributed by atoms with van der Waals surface area (Å²) >= 11 is 3.39. The van der Waals surface area contributed by atoms with E-state index in [1.165, 1.54) is 0 Å². The highest BCUT2D eigenvalue weighted by Crippen LogP contribution is 2.35. The molecule has 1 aromatic carbocycles. The van der Waals surface area contributed by atoms with Crippen LogP contribution < -0.4 is 10.6 Å². The number of halogens is 1. The first-order valence-corrected chi connectivity index (χ1v) is 7.91. The molecule has 17 heavy (non-hydrogen) atoms. The Kier molecular flexibility index (Phi) is 3.75. The zero-order chi connectivity index (χ0) is 12.5.